The van der Waals surface area contributed by atoms with E-state index in [-0.39, 0.29) is 5.82 Å². The summed E-state index contributed by atoms with van der Waals surface area (Å²) in [5.74, 6) is 0.592. The summed E-state index contributed by atoms with van der Waals surface area (Å²) in [4.78, 5) is 12.7. The molecule has 0 unspecified atom stereocenters. The molecule has 1 atom stereocenters. The first-order valence-corrected chi connectivity index (χ1v) is 7.62. The van der Waals surface area contributed by atoms with Gasteiger partial charge in [0, 0.05) is 23.7 Å². The van der Waals surface area contributed by atoms with E-state index < -0.39 is 5.54 Å². The second-order valence-electron chi connectivity index (χ2n) is 5.11. The smallest absolute Gasteiger partial charge is 0.154 e. The summed E-state index contributed by atoms with van der Waals surface area (Å²) in [6, 6.07) is 5.02. The Labute approximate surface area is 126 Å². The van der Waals surface area contributed by atoms with Crippen molar-refractivity contribution in [1.82, 2.24) is 9.97 Å². The van der Waals surface area contributed by atoms with Gasteiger partial charge in [-0.05, 0) is 31.0 Å². The van der Waals surface area contributed by atoms with E-state index in [0.717, 1.165) is 17.7 Å². The number of hydrogen-bond donors (Lipinski definition) is 1. The minimum Gasteiger partial charge on any atom is -0.379 e. The maximum Gasteiger partial charge on any atom is 0.154 e. The topological polar surface area (TPSA) is 64.2 Å². The molecule has 1 aromatic heterocycles. The molecule has 0 saturated carbocycles. The zero-order chi connectivity index (χ0) is 14.9. The van der Waals surface area contributed by atoms with E-state index in [4.69, 9.17) is 5.73 Å². The lowest BCUT2D eigenvalue weighted by atomic mass is 9.88. The van der Waals surface area contributed by atoms with Crippen LogP contribution in [0.4, 0.5) is 4.39 Å². The molecule has 2 aromatic rings. The first-order valence-electron chi connectivity index (χ1n) is 6.63. The molecule has 0 fully saturated rings. The van der Waals surface area contributed by atoms with Crippen molar-refractivity contribution in [3.05, 3.63) is 48.2 Å². The van der Waals surface area contributed by atoms with Gasteiger partial charge in [-0.3, -0.25) is 15.0 Å². The summed E-state index contributed by atoms with van der Waals surface area (Å²) >= 11 is 1.55. The van der Waals surface area contributed by atoms with Crippen molar-refractivity contribution >= 4 is 16.9 Å². The van der Waals surface area contributed by atoms with Gasteiger partial charge < -0.3 is 5.73 Å². The van der Waals surface area contributed by atoms with E-state index in [9.17, 15) is 4.39 Å². The van der Waals surface area contributed by atoms with Gasteiger partial charge in [0.2, 0.25) is 0 Å². The Morgan fingerprint density at radius 1 is 1.33 bits per heavy atom. The van der Waals surface area contributed by atoms with Crippen LogP contribution in [0.1, 0.15) is 18.9 Å². The number of aliphatic imine (C=N–C) groups is 1. The van der Waals surface area contributed by atoms with Crippen LogP contribution in [0.25, 0.3) is 11.3 Å². The number of nitrogens with zero attached hydrogens (tertiary/aromatic N) is 3. The van der Waals surface area contributed by atoms with E-state index in [2.05, 4.69) is 15.0 Å². The van der Waals surface area contributed by atoms with Crippen molar-refractivity contribution in [2.75, 3.05) is 5.75 Å². The van der Waals surface area contributed by atoms with Crippen LogP contribution in [0, 0.1) is 5.82 Å². The first-order chi connectivity index (χ1) is 10.1. The fraction of sp³-hybridized carbons (Fsp3) is 0.267. The Hall–Kier alpha value is -1.95. The molecule has 0 amide bonds. The summed E-state index contributed by atoms with van der Waals surface area (Å²) in [7, 11) is 0. The van der Waals surface area contributed by atoms with Crippen LogP contribution in [-0.2, 0) is 5.54 Å². The van der Waals surface area contributed by atoms with Crippen LogP contribution in [0.2, 0.25) is 0 Å². The Bertz CT molecular complexity index is 689. The molecule has 6 heteroatoms. The molecule has 4 nitrogen and oxygen atoms in total. The van der Waals surface area contributed by atoms with E-state index in [1.165, 1.54) is 6.07 Å². The molecule has 1 aromatic carbocycles. The SMILES string of the molecule is C[C@@]1(c2ccc(F)c(-c3cnccn3)c2)CCSC(N)=N1. The highest BCUT2D eigenvalue weighted by Crippen LogP contribution is 2.36. The second-order valence-corrected chi connectivity index (χ2v) is 6.22. The Morgan fingerprint density at radius 2 is 2.19 bits per heavy atom. The second kappa shape index (κ2) is 5.44. The normalized spacial score (nSPS) is 21.9. The number of halogens is 1. The number of nitrogens with two attached hydrogens (primary N) is 1. The van der Waals surface area contributed by atoms with E-state index >= 15 is 0 Å². The predicted molar refractivity (Wildman–Crippen MR) is 83.5 cm³/mol. The first kappa shape index (κ1) is 14.0. The van der Waals surface area contributed by atoms with E-state index in [1.807, 2.05) is 6.92 Å². The zero-order valence-corrected chi connectivity index (χ0v) is 12.4. The van der Waals surface area contributed by atoms with Crippen LogP contribution >= 0.6 is 11.8 Å². The van der Waals surface area contributed by atoms with Crippen LogP contribution < -0.4 is 5.73 Å². The number of rotatable bonds is 2. The molecular weight excluding hydrogens is 287 g/mol. The summed E-state index contributed by atoms with van der Waals surface area (Å²) < 4.78 is 14.1. The molecule has 0 spiro atoms. The van der Waals surface area contributed by atoms with Gasteiger partial charge >= 0.3 is 0 Å². The Kier molecular flexibility index (Phi) is 3.63. The van der Waals surface area contributed by atoms with Crippen LogP contribution in [-0.4, -0.2) is 20.9 Å². The molecule has 0 bridgehead atoms. The van der Waals surface area contributed by atoms with Crippen LogP contribution in [0.15, 0.2) is 41.8 Å². The van der Waals surface area contributed by atoms with Crippen molar-refractivity contribution < 1.29 is 4.39 Å². The minimum absolute atomic E-state index is 0.315. The molecule has 0 saturated heterocycles. The molecule has 1 aliphatic rings. The highest BCUT2D eigenvalue weighted by molar-refractivity contribution is 8.13. The molecule has 2 N–H and O–H groups in total. The number of aromatic nitrogens is 2. The van der Waals surface area contributed by atoms with Crippen molar-refractivity contribution in [2.24, 2.45) is 10.7 Å². The average molecular weight is 302 g/mol. The van der Waals surface area contributed by atoms with Gasteiger partial charge in [-0.25, -0.2) is 4.39 Å². The van der Waals surface area contributed by atoms with Gasteiger partial charge in [-0.15, -0.1) is 0 Å². The van der Waals surface area contributed by atoms with Crippen LogP contribution in [0.3, 0.4) is 0 Å². The number of thioether (sulfide) groups is 1. The molecule has 2 heterocycles. The van der Waals surface area contributed by atoms with Gasteiger partial charge in [0.1, 0.15) is 5.82 Å². The Balaban J connectivity index is 2.08. The maximum absolute atomic E-state index is 14.1. The van der Waals surface area contributed by atoms with Crippen molar-refractivity contribution in [2.45, 2.75) is 18.9 Å². The molecule has 0 aliphatic carbocycles. The lowest BCUT2D eigenvalue weighted by Crippen LogP contribution is -2.28. The molecule has 0 radical (unpaired) electrons. The maximum atomic E-state index is 14.1. The highest BCUT2D eigenvalue weighted by atomic mass is 32.2. The van der Waals surface area contributed by atoms with Gasteiger partial charge in [0.25, 0.3) is 0 Å². The van der Waals surface area contributed by atoms with Gasteiger partial charge in [0.15, 0.2) is 5.17 Å². The zero-order valence-electron chi connectivity index (χ0n) is 11.6. The summed E-state index contributed by atoms with van der Waals surface area (Å²) in [5, 5.41) is 0.578. The fourth-order valence-corrected chi connectivity index (χ4v) is 3.36. The van der Waals surface area contributed by atoms with Gasteiger partial charge in [0.05, 0.1) is 17.4 Å². The van der Waals surface area contributed by atoms with Gasteiger partial charge in [-0.2, -0.15) is 0 Å². The van der Waals surface area contributed by atoms with Crippen molar-refractivity contribution in [3.8, 4) is 11.3 Å². The van der Waals surface area contributed by atoms with Crippen LogP contribution in [0.5, 0.6) is 0 Å². The lowest BCUT2D eigenvalue weighted by molar-refractivity contribution is 0.481. The highest BCUT2D eigenvalue weighted by Gasteiger charge is 2.30. The monoisotopic (exact) mass is 302 g/mol. The molecule has 3 rings (SSSR count). The average Bonchev–Trinajstić information content (AvgIpc) is 2.48. The molecule has 21 heavy (non-hydrogen) atoms. The Morgan fingerprint density at radius 3 is 2.90 bits per heavy atom. The van der Waals surface area contributed by atoms with Gasteiger partial charge in [-0.1, -0.05) is 17.8 Å². The summed E-state index contributed by atoms with van der Waals surface area (Å²) in [6.45, 7) is 2.02. The lowest BCUT2D eigenvalue weighted by Gasteiger charge is -2.30. The largest absolute Gasteiger partial charge is 0.379 e. The minimum atomic E-state index is -0.417. The number of hydrogen-bond acceptors (Lipinski definition) is 5. The quantitative estimate of drug-likeness (QED) is 0.926. The molecule has 1 aliphatic heterocycles. The standard InChI is InChI=1S/C15H15FN4S/c1-15(4-7-21-14(17)20-15)10-2-3-12(16)11(8-10)13-9-18-5-6-19-13/h2-3,5-6,8-9H,4,7H2,1H3,(H2,17,20)/t15-/m0/s1. The fourth-order valence-electron chi connectivity index (χ4n) is 2.39. The number of amidine groups is 1. The molecular formula is C15H15FN4S. The summed E-state index contributed by atoms with van der Waals surface area (Å²) in [6.07, 6.45) is 5.54. The third-order valence-electron chi connectivity index (χ3n) is 3.62. The number of benzene rings is 1. The molecule has 108 valence electrons. The van der Waals surface area contributed by atoms with E-state index in [1.54, 1.807) is 42.5 Å². The van der Waals surface area contributed by atoms with Crippen molar-refractivity contribution in [1.29, 1.82) is 0 Å². The van der Waals surface area contributed by atoms with E-state index in [0.29, 0.717) is 16.4 Å². The van der Waals surface area contributed by atoms with Crippen molar-refractivity contribution in [3.63, 3.8) is 0 Å². The third kappa shape index (κ3) is 2.76. The summed E-state index contributed by atoms with van der Waals surface area (Å²) in [5.41, 5.74) is 7.32. The third-order valence-corrected chi connectivity index (χ3v) is 4.42. The predicted octanol–water partition coefficient (Wildman–Crippen LogP) is 2.95.